The predicted octanol–water partition coefficient (Wildman–Crippen LogP) is 1.99. The summed E-state index contributed by atoms with van der Waals surface area (Å²) in [5, 5.41) is 10.2. The first-order chi connectivity index (χ1) is 13.7. The lowest BCUT2D eigenvalue weighted by Gasteiger charge is -2.25. The fourth-order valence-electron chi connectivity index (χ4n) is 4.43. The summed E-state index contributed by atoms with van der Waals surface area (Å²) in [4.78, 5) is 28.5. The van der Waals surface area contributed by atoms with E-state index in [0.717, 1.165) is 12.8 Å². The third-order valence-electron chi connectivity index (χ3n) is 6.02. The van der Waals surface area contributed by atoms with Crippen molar-refractivity contribution in [2.75, 3.05) is 18.0 Å². The molecule has 2 heterocycles. The van der Waals surface area contributed by atoms with E-state index in [1.807, 2.05) is 0 Å². The van der Waals surface area contributed by atoms with Gasteiger partial charge in [0.2, 0.25) is 6.43 Å². The van der Waals surface area contributed by atoms with Crippen LogP contribution in [-0.4, -0.2) is 40.2 Å². The molecule has 1 saturated carbocycles. The minimum atomic E-state index is -2.51. The first kappa shape index (κ1) is 19.8. The number of nitrogens with zero attached hydrogens (tertiary/aromatic N) is 2. The first-order valence-corrected chi connectivity index (χ1v) is 9.68. The Labute approximate surface area is 163 Å². The molecule has 1 aliphatic carbocycles. The van der Waals surface area contributed by atoms with E-state index in [2.05, 4.69) is 4.98 Å². The van der Waals surface area contributed by atoms with Crippen molar-refractivity contribution in [2.24, 2.45) is 11.7 Å². The molecule has 2 aromatic rings. The van der Waals surface area contributed by atoms with Crippen LogP contribution in [0.15, 0.2) is 9.59 Å². The number of halogens is 3. The molecule has 10 heteroatoms. The maximum absolute atomic E-state index is 15.1. The summed E-state index contributed by atoms with van der Waals surface area (Å²) in [5.74, 6) is -2.01. The molecular weight excluding hydrogens is 389 g/mol. The van der Waals surface area contributed by atoms with Gasteiger partial charge in [-0.1, -0.05) is 0 Å². The number of nitrogens with two attached hydrogens (primary N) is 1. The molecule has 1 saturated heterocycles. The van der Waals surface area contributed by atoms with Crippen LogP contribution in [0.4, 0.5) is 18.9 Å². The molecule has 2 fully saturated rings. The quantitative estimate of drug-likeness (QED) is 0.697. The molecule has 29 heavy (non-hydrogen) atoms. The number of benzene rings is 1. The van der Waals surface area contributed by atoms with Gasteiger partial charge in [0.15, 0.2) is 11.6 Å². The molecule has 1 aliphatic heterocycles. The minimum Gasteiger partial charge on any atom is -0.504 e. The zero-order valence-corrected chi connectivity index (χ0v) is 15.9. The lowest BCUT2D eigenvalue weighted by atomic mass is 9.97. The summed E-state index contributed by atoms with van der Waals surface area (Å²) in [6, 6.07) is -0.825. The minimum absolute atomic E-state index is 0.0844. The lowest BCUT2D eigenvalue weighted by Crippen LogP contribution is -2.35. The van der Waals surface area contributed by atoms with Crippen molar-refractivity contribution in [1.29, 1.82) is 0 Å². The molecule has 1 aromatic heterocycles. The fraction of sp³-hybridized carbons (Fsp3) is 0.579. The second-order valence-electron chi connectivity index (χ2n) is 8.01. The van der Waals surface area contributed by atoms with Gasteiger partial charge in [0.25, 0.3) is 5.56 Å². The van der Waals surface area contributed by atoms with Gasteiger partial charge in [-0.05, 0) is 32.1 Å². The van der Waals surface area contributed by atoms with E-state index in [1.54, 1.807) is 11.8 Å². The Bertz CT molecular complexity index is 1080. The summed E-state index contributed by atoms with van der Waals surface area (Å²) >= 11 is 0. The van der Waals surface area contributed by atoms with E-state index < -0.39 is 41.7 Å². The Morgan fingerprint density at radius 2 is 1.97 bits per heavy atom. The third-order valence-corrected chi connectivity index (χ3v) is 6.02. The number of anilines is 1. The van der Waals surface area contributed by atoms with Gasteiger partial charge in [-0.2, -0.15) is 0 Å². The second kappa shape index (κ2) is 7.08. The number of aromatic nitrogens is 2. The average molecular weight is 412 g/mol. The molecule has 0 bridgehead atoms. The Morgan fingerprint density at radius 1 is 1.28 bits per heavy atom. The van der Waals surface area contributed by atoms with Gasteiger partial charge in [0, 0.05) is 37.2 Å². The molecule has 0 spiro atoms. The van der Waals surface area contributed by atoms with Crippen molar-refractivity contribution < 1.29 is 18.3 Å². The number of phenolic OH excluding ortho intramolecular Hbond substituents is 1. The average Bonchev–Trinajstić information content (AvgIpc) is 3.35. The number of H-pyrrole nitrogens is 1. The van der Waals surface area contributed by atoms with Gasteiger partial charge in [0.1, 0.15) is 5.39 Å². The SMILES string of the molecule is Cc1c(N2CCC(C(N)CC(F)F)C2)c(F)c(O)c2c(=O)[nH]c(=O)n(C3CC3)c12. The first-order valence-electron chi connectivity index (χ1n) is 9.68. The van der Waals surface area contributed by atoms with Gasteiger partial charge in [-0.15, -0.1) is 0 Å². The smallest absolute Gasteiger partial charge is 0.329 e. The van der Waals surface area contributed by atoms with E-state index in [-0.39, 0.29) is 35.1 Å². The van der Waals surface area contributed by atoms with Crippen LogP contribution in [0.3, 0.4) is 0 Å². The molecule has 158 valence electrons. The standard InChI is InChI=1S/C19H23F3N4O3/c1-8-15-13(18(28)24-19(29)26(15)10-2-3-10)17(27)14(22)16(8)25-5-4-9(7-25)11(23)6-12(20)21/h9-12,27H,2-7,23H2,1H3,(H,24,28,29). The van der Waals surface area contributed by atoms with Crippen LogP contribution >= 0.6 is 0 Å². The van der Waals surface area contributed by atoms with Crippen molar-refractivity contribution in [3.8, 4) is 5.75 Å². The Hall–Kier alpha value is -2.49. The number of rotatable bonds is 5. The van der Waals surface area contributed by atoms with E-state index in [1.165, 1.54) is 4.57 Å². The number of nitrogens with one attached hydrogen (secondary N) is 1. The number of alkyl halides is 2. The van der Waals surface area contributed by atoms with E-state index in [9.17, 15) is 23.5 Å². The van der Waals surface area contributed by atoms with Crippen LogP contribution in [0.25, 0.3) is 10.9 Å². The highest BCUT2D eigenvalue weighted by molar-refractivity contribution is 5.92. The largest absolute Gasteiger partial charge is 0.504 e. The zero-order valence-electron chi connectivity index (χ0n) is 15.9. The number of aryl methyl sites for hydroxylation is 1. The van der Waals surface area contributed by atoms with Gasteiger partial charge in [-0.25, -0.2) is 18.0 Å². The molecular formula is C19H23F3N4O3. The normalized spacial score (nSPS) is 20.8. The Balaban J connectivity index is 1.83. The molecule has 4 N–H and O–H groups in total. The molecule has 2 aliphatic rings. The van der Waals surface area contributed by atoms with Crippen LogP contribution in [0.2, 0.25) is 0 Å². The van der Waals surface area contributed by atoms with Gasteiger partial charge in [0.05, 0.1) is 11.2 Å². The summed E-state index contributed by atoms with van der Waals surface area (Å²) in [6.07, 6.45) is -0.928. The van der Waals surface area contributed by atoms with Crippen molar-refractivity contribution in [3.05, 3.63) is 32.2 Å². The fourth-order valence-corrected chi connectivity index (χ4v) is 4.43. The molecule has 4 rings (SSSR count). The lowest BCUT2D eigenvalue weighted by molar-refractivity contribution is 0.120. The Morgan fingerprint density at radius 3 is 2.59 bits per heavy atom. The number of fused-ring (bicyclic) bond motifs is 1. The maximum atomic E-state index is 15.1. The van der Waals surface area contributed by atoms with Crippen LogP contribution in [0.5, 0.6) is 5.75 Å². The summed E-state index contributed by atoms with van der Waals surface area (Å²) in [5.41, 5.74) is 5.12. The van der Waals surface area contributed by atoms with Crippen molar-refractivity contribution in [3.63, 3.8) is 0 Å². The van der Waals surface area contributed by atoms with Gasteiger partial charge >= 0.3 is 5.69 Å². The number of hydrogen-bond acceptors (Lipinski definition) is 5. The molecule has 7 nitrogen and oxygen atoms in total. The molecule has 2 atom stereocenters. The number of aromatic amines is 1. The summed E-state index contributed by atoms with van der Waals surface area (Å²) in [7, 11) is 0. The van der Waals surface area contributed by atoms with E-state index in [0.29, 0.717) is 18.5 Å². The zero-order chi connectivity index (χ0) is 21.0. The summed E-state index contributed by atoms with van der Waals surface area (Å²) < 4.78 is 41.9. The Kier molecular flexibility index (Phi) is 4.84. The van der Waals surface area contributed by atoms with Gasteiger partial charge in [-0.3, -0.25) is 14.3 Å². The monoisotopic (exact) mass is 412 g/mol. The second-order valence-corrected chi connectivity index (χ2v) is 8.01. The molecule has 1 aromatic carbocycles. The topological polar surface area (TPSA) is 104 Å². The molecule has 0 amide bonds. The highest BCUT2D eigenvalue weighted by Crippen LogP contribution is 2.42. The van der Waals surface area contributed by atoms with Gasteiger partial charge < -0.3 is 15.7 Å². The molecule has 0 radical (unpaired) electrons. The number of hydrogen-bond donors (Lipinski definition) is 3. The van der Waals surface area contributed by atoms with Crippen molar-refractivity contribution in [2.45, 2.75) is 51.1 Å². The highest BCUT2D eigenvalue weighted by Gasteiger charge is 2.35. The maximum Gasteiger partial charge on any atom is 0.329 e. The van der Waals surface area contributed by atoms with E-state index >= 15 is 4.39 Å². The van der Waals surface area contributed by atoms with E-state index in [4.69, 9.17) is 5.73 Å². The summed E-state index contributed by atoms with van der Waals surface area (Å²) in [6.45, 7) is 2.24. The van der Waals surface area contributed by atoms with Crippen LogP contribution < -0.4 is 21.9 Å². The van der Waals surface area contributed by atoms with Crippen molar-refractivity contribution >= 4 is 16.6 Å². The van der Waals surface area contributed by atoms with Crippen molar-refractivity contribution in [1.82, 2.24) is 9.55 Å². The van der Waals surface area contributed by atoms with Crippen LogP contribution in [0.1, 0.15) is 37.3 Å². The molecule has 2 unspecified atom stereocenters. The van der Waals surface area contributed by atoms with Crippen LogP contribution in [-0.2, 0) is 0 Å². The third kappa shape index (κ3) is 3.29. The number of phenols is 1. The number of aromatic hydroxyl groups is 1. The predicted molar refractivity (Wildman–Crippen MR) is 102 cm³/mol. The highest BCUT2D eigenvalue weighted by atomic mass is 19.3. The van der Waals surface area contributed by atoms with Crippen LogP contribution in [0, 0.1) is 18.7 Å².